The molecule has 3 nitrogen and oxygen atoms in total. The van der Waals surface area contributed by atoms with Crippen molar-refractivity contribution in [1.29, 1.82) is 5.26 Å². The fourth-order valence-corrected chi connectivity index (χ4v) is 1.43. The van der Waals surface area contributed by atoms with Gasteiger partial charge in [-0.2, -0.15) is 5.26 Å². The molecule has 0 amide bonds. The van der Waals surface area contributed by atoms with E-state index in [0.717, 1.165) is 11.5 Å². The second kappa shape index (κ2) is 3.30. The number of hydrogen-bond donors (Lipinski definition) is 0. The van der Waals surface area contributed by atoms with Gasteiger partial charge in [0.25, 0.3) is 0 Å². The highest BCUT2D eigenvalue weighted by atomic mass is 14.9. The lowest BCUT2D eigenvalue weighted by Crippen LogP contribution is -2.15. The molecule has 1 saturated carbocycles. The second-order valence-corrected chi connectivity index (χ2v) is 5.13. The summed E-state index contributed by atoms with van der Waals surface area (Å²) in [6, 6.07) is 3.91. The molecule has 1 heterocycles. The molecule has 1 aliphatic carbocycles. The smallest absolute Gasteiger partial charge is 0.144 e. The Morgan fingerprint density at radius 2 is 2.00 bits per heavy atom. The maximum absolute atomic E-state index is 8.91. The Hall–Kier alpha value is -1.43. The summed E-state index contributed by atoms with van der Waals surface area (Å²) < 4.78 is 0. The number of nitriles is 1. The van der Waals surface area contributed by atoms with Crippen LogP contribution in [0, 0.1) is 11.3 Å². The molecule has 2 rings (SSSR count). The highest BCUT2D eigenvalue weighted by Crippen LogP contribution is 2.38. The Morgan fingerprint density at radius 3 is 2.47 bits per heavy atom. The Bertz CT molecular complexity index is 419. The number of aromatic nitrogens is 2. The van der Waals surface area contributed by atoms with Crippen molar-refractivity contribution in [2.45, 2.75) is 44.9 Å². The molecular weight excluding hydrogens is 186 g/mol. The molecule has 0 saturated heterocycles. The lowest BCUT2D eigenvalue weighted by molar-refractivity contribution is 0.561. The van der Waals surface area contributed by atoms with Crippen molar-refractivity contribution in [3.63, 3.8) is 0 Å². The van der Waals surface area contributed by atoms with Crippen LogP contribution in [0.4, 0.5) is 0 Å². The predicted molar refractivity (Wildman–Crippen MR) is 57.4 cm³/mol. The van der Waals surface area contributed by atoms with Crippen LogP contribution in [0.25, 0.3) is 0 Å². The van der Waals surface area contributed by atoms with Crippen LogP contribution in [0.5, 0.6) is 0 Å². The summed E-state index contributed by atoms with van der Waals surface area (Å²) in [5, 5.41) is 8.91. The SMILES string of the molecule is CC(C)(C)c1cc(C#N)nc(C2CC2)n1. The summed E-state index contributed by atoms with van der Waals surface area (Å²) in [6.07, 6.45) is 2.33. The van der Waals surface area contributed by atoms with E-state index >= 15 is 0 Å². The molecule has 0 atom stereocenters. The predicted octanol–water partition coefficient (Wildman–Crippen LogP) is 2.52. The van der Waals surface area contributed by atoms with Gasteiger partial charge in [0.05, 0.1) is 5.69 Å². The van der Waals surface area contributed by atoms with Crippen molar-refractivity contribution in [1.82, 2.24) is 9.97 Å². The first-order valence-corrected chi connectivity index (χ1v) is 5.30. The molecule has 1 aliphatic rings. The zero-order chi connectivity index (χ0) is 11.1. The van der Waals surface area contributed by atoms with Crippen LogP contribution >= 0.6 is 0 Å². The maximum Gasteiger partial charge on any atom is 0.144 e. The largest absolute Gasteiger partial charge is 0.237 e. The summed E-state index contributed by atoms with van der Waals surface area (Å²) in [5.74, 6) is 1.36. The monoisotopic (exact) mass is 201 g/mol. The molecule has 1 aromatic heterocycles. The van der Waals surface area contributed by atoms with Gasteiger partial charge in [0.15, 0.2) is 0 Å². The number of hydrogen-bond acceptors (Lipinski definition) is 3. The molecular formula is C12H15N3. The van der Waals surface area contributed by atoms with E-state index in [9.17, 15) is 0 Å². The lowest BCUT2D eigenvalue weighted by Gasteiger charge is -2.18. The van der Waals surface area contributed by atoms with E-state index in [4.69, 9.17) is 5.26 Å². The van der Waals surface area contributed by atoms with Crippen LogP contribution in [-0.2, 0) is 5.41 Å². The summed E-state index contributed by atoms with van der Waals surface area (Å²) in [7, 11) is 0. The Labute approximate surface area is 90.2 Å². The van der Waals surface area contributed by atoms with Crippen molar-refractivity contribution in [2.75, 3.05) is 0 Å². The minimum atomic E-state index is -0.0157. The molecule has 0 radical (unpaired) electrons. The third-order valence-electron chi connectivity index (χ3n) is 2.57. The zero-order valence-corrected chi connectivity index (χ0v) is 9.41. The van der Waals surface area contributed by atoms with Crippen LogP contribution in [0.3, 0.4) is 0 Å². The normalized spacial score (nSPS) is 16.1. The van der Waals surface area contributed by atoms with E-state index in [1.807, 2.05) is 0 Å². The third kappa shape index (κ3) is 2.15. The molecule has 15 heavy (non-hydrogen) atoms. The zero-order valence-electron chi connectivity index (χ0n) is 9.41. The summed E-state index contributed by atoms with van der Waals surface area (Å²) >= 11 is 0. The van der Waals surface area contributed by atoms with Crippen molar-refractivity contribution in [2.24, 2.45) is 0 Å². The summed E-state index contributed by atoms with van der Waals surface area (Å²) in [6.45, 7) is 6.31. The minimum Gasteiger partial charge on any atom is -0.237 e. The lowest BCUT2D eigenvalue weighted by atomic mass is 9.91. The number of nitrogens with zero attached hydrogens (tertiary/aromatic N) is 3. The van der Waals surface area contributed by atoms with Gasteiger partial charge in [0.2, 0.25) is 0 Å². The first-order valence-electron chi connectivity index (χ1n) is 5.30. The van der Waals surface area contributed by atoms with Gasteiger partial charge in [0, 0.05) is 11.3 Å². The van der Waals surface area contributed by atoms with Gasteiger partial charge in [-0.15, -0.1) is 0 Å². The van der Waals surface area contributed by atoms with Crippen LogP contribution in [-0.4, -0.2) is 9.97 Å². The highest BCUT2D eigenvalue weighted by molar-refractivity contribution is 5.28. The standard InChI is InChI=1S/C12H15N3/c1-12(2,3)10-6-9(7-13)14-11(15-10)8-4-5-8/h6,8H,4-5H2,1-3H3. The van der Waals surface area contributed by atoms with Gasteiger partial charge in [-0.1, -0.05) is 20.8 Å². The van der Waals surface area contributed by atoms with Gasteiger partial charge in [-0.25, -0.2) is 9.97 Å². The number of rotatable bonds is 1. The van der Waals surface area contributed by atoms with Crippen molar-refractivity contribution >= 4 is 0 Å². The molecule has 0 spiro atoms. The third-order valence-corrected chi connectivity index (χ3v) is 2.57. The van der Waals surface area contributed by atoms with Crippen LogP contribution in [0.1, 0.15) is 56.7 Å². The van der Waals surface area contributed by atoms with Crippen molar-refractivity contribution < 1.29 is 0 Å². The first kappa shape index (κ1) is 10.1. The minimum absolute atomic E-state index is 0.0157. The Morgan fingerprint density at radius 1 is 1.33 bits per heavy atom. The van der Waals surface area contributed by atoms with E-state index in [1.165, 1.54) is 12.8 Å². The summed E-state index contributed by atoms with van der Waals surface area (Å²) in [4.78, 5) is 8.81. The molecule has 78 valence electrons. The maximum atomic E-state index is 8.91. The molecule has 0 unspecified atom stereocenters. The molecule has 0 bridgehead atoms. The van der Waals surface area contributed by atoms with E-state index in [2.05, 4.69) is 36.8 Å². The van der Waals surface area contributed by atoms with Gasteiger partial charge in [-0.3, -0.25) is 0 Å². The average molecular weight is 201 g/mol. The van der Waals surface area contributed by atoms with E-state index in [1.54, 1.807) is 6.07 Å². The molecule has 3 heteroatoms. The highest BCUT2D eigenvalue weighted by Gasteiger charge is 2.28. The molecule has 0 aliphatic heterocycles. The van der Waals surface area contributed by atoms with Crippen LogP contribution < -0.4 is 0 Å². The molecule has 0 N–H and O–H groups in total. The van der Waals surface area contributed by atoms with Gasteiger partial charge < -0.3 is 0 Å². The van der Waals surface area contributed by atoms with Crippen molar-refractivity contribution in [3.05, 3.63) is 23.3 Å². The second-order valence-electron chi connectivity index (χ2n) is 5.13. The first-order chi connectivity index (χ1) is 7.00. The van der Waals surface area contributed by atoms with Crippen LogP contribution in [0.15, 0.2) is 6.07 Å². The Kier molecular flexibility index (Phi) is 2.22. The van der Waals surface area contributed by atoms with Crippen molar-refractivity contribution in [3.8, 4) is 6.07 Å². The molecule has 1 fully saturated rings. The fraction of sp³-hybridized carbons (Fsp3) is 0.583. The van der Waals surface area contributed by atoms with Crippen LogP contribution in [0.2, 0.25) is 0 Å². The van der Waals surface area contributed by atoms with E-state index in [-0.39, 0.29) is 5.41 Å². The Balaban J connectivity index is 2.47. The van der Waals surface area contributed by atoms with E-state index in [0.29, 0.717) is 11.6 Å². The van der Waals surface area contributed by atoms with E-state index < -0.39 is 0 Å². The molecule has 1 aromatic rings. The quantitative estimate of drug-likeness (QED) is 0.701. The fourth-order valence-electron chi connectivity index (χ4n) is 1.43. The topological polar surface area (TPSA) is 49.6 Å². The van der Waals surface area contributed by atoms with Gasteiger partial charge in [0.1, 0.15) is 17.6 Å². The van der Waals surface area contributed by atoms with Gasteiger partial charge in [-0.05, 0) is 18.9 Å². The summed E-state index contributed by atoms with van der Waals surface area (Å²) in [5.41, 5.74) is 1.45. The molecule has 0 aromatic carbocycles. The average Bonchev–Trinajstić information content (AvgIpc) is 2.99. The van der Waals surface area contributed by atoms with Gasteiger partial charge >= 0.3 is 0 Å².